The van der Waals surface area contributed by atoms with Crippen LogP contribution in [0.1, 0.15) is 0 Å². The van der Waals surface area contributed by atoms with Crippen molar-refractivity contribution in [1.29, 1.82) is 0 Å². The zero-order valence-electron chi connectivity index (χ0n) is 14.5. The van der Waals surface area contributed by atoms with E-state index in [4.69, 9.17) is 4.74 Å². The molecule has 0 atom stereocenters. The predicted octanol–water partition coefficient (Wildman–Crippen LogP) is 4.23. The number of hydrogen-bond donors (Lipinski definition) is 3. The zero-order chi connectivity index (χ0) is 18.6. The number of phenols is 1. The number of anilines is 4. The van der Waals surface area contributed by atoms with Gasteiger partial charge in [-0.1, -0.05) is 0 Å². The van der Waals surface area contributed by atoms with Gasteiger partial charge in [-0.2, -0.15) is 4.98 Å². The number of benzene rings is 2. The second-order valence-corrected chi connectivity index (χ2v) is 5.84. The van der Waals surface area contributed by atoms with Gasteiger partial charge in [0.15, 0.2) is 0 Å². The number of rotatable bonds is 5. The normalized spacial score (nSPS) is 10.6. The van der Waals surface area contributed by atoms with Crippen LogP contribution in [0.2, 0.25) is 0 Å². The van der Waals surface area contributed by atoms with E-state index >= 15 is 0 Å². The van der Waals surface area contributed by atoms with Crippen molar-refractivity contribution in [3.63, 3.8) is 0 Å². The molecular weight excluding hydrogens is 342 g/mol. The summed E-state index contributed by atoms with van der Waals surface area (Å²) in [5.41, 5.74) is 2.46. The Balaban J connectivity index is 1.54. The van der Waals surface area contributed by atoms with Crippen molar-refractivity contribution >= 4 is 34.0 Å². The van der Waals surface area contributed by atoms with E-state index in [9.17, 15) is 5.11 Å². The predicted molar refractivity (Wildman–Crippen MR) is 105 cm³/mol. The Labute approximate surface area is 155 Å². The van der Waals surface area contributed by atoms with Crippen molar-refractivity contribution in [2.45, 2.75) is 0 Å². The fourth-order valence-electron chi connectivity index (χ4n) is 2.61. The number of nitrogens with one attached hydrogen (secondary N) is 2. The van der Waals surface area contributed by atoms with Crippen LogP contribution >= 0.6 is 0 Å². The van der Waals surface area contributed by atoms with Crippen molar-refractivity contribution in [3.05, 3.63) is 67.0 Å². The lowest BCUT2D eigenvalue weighted by Gasteiger charge is -2.09. The lowest BCUT2D eigenvalue weighted by Crippen LogP contribution is -2.00. The molecule has 0 bridgehead atoms. The second-order valence-electron chi connectivity index (χ2n) is 5.84. The summed E-state index contributed by atoms with van der Waals surface area (Å²) in [6.45, 7) is 0. The Morgan fingerprint density at radius 2 is 1.74 bits per heavy atom. The van der Waals surface area contributed by atoms with E-state index in [0.29, 0.717) is 11.8 Å². The first kappa shape index (κ1) is 16.6. The second kappa shape index (κ2) is 7.17. The van der Waals surface area contributed by atoms with Gasteiger partial charge in [0.25, 0.3) is 0 Å². The van der Waals surface area contributed by atoms with Crippen LogP contribution < -0.4 is 15.4 Å². The highest BCUT2D eigenvalue weighted by molar-refractivity contribution is 5.83. The molecule has 0 radical (unpaired) electrons. The summed E-state index contributed by atoms with van der Waals surface area (Å²) in [6.07, 6.45) is 3.41. The van der Waals surface area contributed by atoms with Crippen LogP contribution in [0.3, 0.4) is 0 Å². The molecule has 0 unspecified atom stereocenters. The van der Waals surface area contributed by atoms with E-state index in [1.165, 1.54) is 0 Å². The molecule has 2 heterocycles. The summed E-state index contributed by atoms with van der Waals surface area (Å²) in [5.74, 6) is 2.07. The third kappa shape index (κ3) is 3.87. The van der Waals surface area contributed by atoms with Gasteiger partial charge in [0, 0.05) is 23.3 Å². The standard InChI is InChI=1S/C20H17N5O2/c1-27-17-7-2-13-10-15(12-22-18(13)11-17)23-19-8-9-21-20(25-19)24-14-3-5-16(26)6-4-14/h2-12,26H,1H3,(H2,21,23,24,25). The van der Waals surface area contributed by atoms with Crippen molar-refractivity contribution < 1.29 is 9.84 Å². The van der Waals surface area contributed by atoms with E-state index in [-0.39, 0.29) is 5.75 Å². The van der Waals surface area contributed by atoms with Gasteiger partial charge in [0.05, 0.1) is 24.5 Å². The number of hydrogen-bond acceptors (Lipinski definition) is 7. The van der Waals surface area contributed by atoms with Gasteiger partial charge in [-0.05, 0) is 48.5 Å². The lowest BCUT2D eigenvalue weighted by molar-refractivity contribution is 0.415. The van der Waals surface area contributed by atoms with Gasteiger partial charge in [-0.3, -0.25) is 4.98 Å². The molecule has 4 aromatic rings. The van der Waals surface area contributed by atoms with Crippen molar-refractivity contribution in [2.75, 3.05) is 17.7 Å². The van der Waals surface area contributed by atoms with Gasteiger partial charge in [-0.15, -0.1) is 0 Å². The Bertz CT molecular complexity index is 1080. The van der Waals surface area contributed by atoms with Crippen LogP contribution in [0.4, 0.5) is 23.1 Å². The fraction of sp³-hybridized carbons (Fsp3) is 0.0500. The highest BCUT2D eigenvalue weighted by Gasteiger charge is 2.04. The van der Waals surface area contributed by atoms with Crippen LogP contribution in [-0.2, 0) is 0 Å². The van der Waals surface area contributed by atoms with Gasteiger partial charge in [-0.25, -0.2) is 4.98 Å². The molecule has 0 aliphatic carbocycles. The van der Waals surface area contributed by atoms with Crippen molar-refractivity contribution in [2.24, 2.45) is 0 Å². The maximum atomic E-state index is 9.35. The van der Waals surface area contributed by atoms with E-state index in [1.807, 2.05) is 24.3 Å². The smallest absolute Gasteiger partial charge is 0.229 e. The maximum Gasteiger partial charge on any atom is 0.229 e. The number of fused-ring (bicyclic) bond motifs is 1. The number of pyridine rings is 1. The van der Waals surface area contributed by atoms with Crippen LogP contribution in [0, 0.1) is 0 Å². The van der Waals surface area contributed by atoms with Crippen molar-refractivity contribution in [1.82, 2.24) is 15.0 Å². The van der Waals surface area contributed by atoms with Gasteiger partial charge >= 0.3 is 0 Å². The number of methoxy groups -OCH3 is 1. The topological polar surface area (TPSA) is 92.2 Å². The molecule has 0 fully saturated rings. The van der Waals surface area contributed by atoms with Crippen molar-refractivity contribution in [3.8, 4) is 11.5 Å². The Hall–Kier alpha value is -3.87. The number of phenolic OH excluding ortho intramolecular Hbond substituents is 1. The number of aromatic hydroxyl groups is 1. The molecule has 7 nitrogen and oxygen atoms in total. The molecule has 0 amide bonds. The van der Waals surface area contributed by atoms with E-state index in [2.05, 4.69) is 25.6 Å². The highest BCUT2D eigenvalue weighted by atomic mass is 16.5. The molecule has 0 saturated heterocycles. The minimum atomic E-state index is 0.207. The lowest BCUT2D eigenvalue weighted by atomic mass is 10.2. The summed E-state index contributed by atoms with van der Waals surface area (Å²) in [5, 5.41) is 16.7. The average Bonchev–Trinajstić information content (AvgIpc) is 2.69. The monoisotopic (exact) mass is 359 g/mol. The quantitative estimate of drug-likeness (QED) is 0.459. The molecule has 3 N–H and O–H groups in total. The molecule has 0 spiro atoms. The van der Waals surface area contributed by atoms with Crippen LogP contribution in [0.5, 0.6) is 11.5 Å². The molecule has 134 valence electrons. The largest absolute Gasteiger partial charge is 0.508 e. The molecule has 2 aromatic heterocycles. The molecule has 0 aliphatic rings. The van der Waals surface area contributed by atoms with E-state index in [1.54, 1.807) is 49.8 Å². The summed E-state index contributed by atoms with van der Waals surface area (Å²) < 4.78 is 5.22. The molecule has 2 aromatic carbocycles. The average molecular weight is 359 g/mol. The molecular formula is C20H17N5O2. The third-order valence-corrected chi connectivity index (χ3v) is 3.94. The van der Waals surface area contributed by atoms with E-state index < -0.39 is 0 Å². The first-order chi connectivity index (χ1) is 13.2. The Morgan fingerprint density at radius 1 is 0.889 bits per heavy atom. The summed E-state index contributed by atoms with van der Waals surface area (Å²) in [7, 11) is 1.63. The van der Waals surface area contributed by atoms with Crippen LogP contribution in [0.15, 0.2) is 67.0 Å². The van der Waals surface area contributed by atoms with E-state index in [0.717, 1.165) is 28.0 Å². The van der Waals surface area contributed by atoms with Gasteiger partial charge in [0.1, 0.15) is 17.3 Å². The number of ether oxygens (including phenoxy) is 1. The van der Waals surface area contributed by atoms with Crippen LogP contribution in [0.25, 0.3) is 10.9 Å². The molecule has 7 heteroatoms. The minimum absolute atomic E-state index is 0.207. The third-order valence-electron chi connectivity index (χ3n) is 3.94. The number of aromatic nitrogens is 3. The number of nitrogens with zero attached hydrogens (tertiary/aromatic N) is 3. The summed E-state index contributed by atoms with van der Waals surface area (Å²) in [4.78, 5) is 13.1. The zero-order valence-corrected chi connectivity index (χ0v) is 14.5. The minimum Gasteiger partial charge on any atom is -0.508 e. The first-order valence-corrected chi connectivity index (χ1v) is 8.29. The summed E-state index contributed by atoms with van der Waals surface area (Å²) in [6, 6.07) is 16.2. The van der Waals surface area contributed by atoms with Gasteiger partial charge < -0.3 is 20.5 Å². The molecule has 27 heavy (non-hydrogen) atoms. The SMILES string of the molecule is COc1ccc2cc(Nc3ccnc(Nc4ccc(O)cc4)n3)cnc2c1. The Kier molecular flexibility index (Phi) is 4.40. The van der Waals surface area contributed by atoms with Gasteiger partial charge in [0.2, 0.25) is 5.95 Å². The molecule has 0 aliphatic heterocycles. The Morgan fingerprint density at radius 3 is 2.56 bits per heavy atom. The highest BCUT2D eigenvalue weighted by Crippen LogP contribution is 2.24. The first-order valence-electron chi connectivity index (χ1n) is 8.29. The van der Waals surface area contributed by atoms with Crippen LogP contribution in [-0.4, -0.2) is 27.2 Å². The summed E-state index contributed by atoms with van der Waals surface area (Å²) >= 11 is 0. The molecule has 4 rings (SSSR count). The maximum absolute atomic E-state index is 9.35. The fourth-order valence-corrected chi connectivity index (χ4v) is 2.61. The molecule has 0 saturated carbocycles.